The molecule has 3 rings (SSSR count). The van der Waals surface area contributed by atoms with Crippen molar-refractivity contribution in [2.24, 2.45) is 10.2 Å². The first-order valence-electron chi connectivity index (χ1n) is 8.83. The van der Waals surface area contributed by atoms with Gasteiger partial charge in [-0.3, -0.25) is 9.22 Å². The minimum Gasteiger partial charge on any atom is -0.744 e. The second-order valence-electron chi connectivity index (χ2n) is 6.28. The van der Waals surface area contributed by atoms with E-state index in [-0.39, 0.29) is 113 Å². The number of hydrogen-bond acceptors (Lipinski definition) is 13. The normalized spacial score (nSPS) is 11.5. The van der Waals surface area contributed by atoms with Gasteiger partial charge in [0.05, 0.1) is 27.8 Å². The zero-order chi connectivity index (χ0) is 24.1. The first-order valence-corrected chi connectivity index (χ1v) is 12.6. The summed E-state index contributed by atoms with van der Waals surface area (Å²) in [7, 11) is -8.54. The Hall–Kier alpha value is -0.630. The van der Waals surface area contributed by atoms with Crippen LogP contribution in [0.25, 0.3) is 10.8 Å². The van der Waals surface area contributed by atoms with E-state index in [1.54, 1.807) is 6.07 Å². The zero-order valence-corrected chi connectivity index (χ0v) is 24.8. The summed E-state index contributed by atoms with van der Waals surface area (Å²) in [5, 5.41) is 31.1. The zero-order valence-electron chi connectivity index (χ0n) is 18.4. The number of hydrogen-bond donors (Lipinski definition) is 1. The van der Waals surface area contributed by atoms with Gasteiger partial charge in [0.2, 0.25) is 0 Å². The Kier molecular flexibility index (Phi) is 15.4. The molecule has 184 valence electrons. The molecule has 0 aliphatic carbocycles. The van der Waals surface area contributed by atoms with Crippen molar-refractivity contribution in [1.29, 1.82) is 0 Å². The quantitative estimate of drug-likeness (QED) is 0.0496. The van der Waals surface area contributed by atoms with Gasteiger partial charge in [-0.25, -0.2) is 16.8 Å². The molecule has 0 saturated carbocycles. The fourth-order valence-corrected chi connectivity index (χ4v) is 4.89. The number of phenolic OH excluding ortho intramolecular Hbond substituents is 1. The van der Waals surface area contributed by atoms with E-state index in [1.807, 2.05) is 0 Å². The van der Waals surface area contributed by atoms with Crippen molar-refractivity contribution in [2.75, 3.05) is 12.4 Å². The molecule has 0 fully saturated rings. The molecule has 0 saturated heterocycles. The molecule has 0 radical (unpaired) electrons. The van der Waals surface area contributed by atoms with Crippen molar-refractivity contribution in [3.63, 3.8) is 0 Å². The van der Waals surface area contributed by atoms with Crippen LogP contribution in [0.3, 0.4) is 0 Å². The van der Waals surface area contributed by atoms with Crippen molar-refractivity contribution in [2.45, 2.75) is 17.2 Å². The second-order valence-corrected chi connectivity index (χ2v) is 10.2. The fraction of sp³-hybridized carbons (Fsp3) is 0.158. The summed E-state index contributed by atoms with van der Waals surface area (Å²) >= 11 is 0.202. The van der Waals surface area contributed by atoms with Gasteiger partial charge in [-0.1, -0.05) is 31.7 Å². The molecule has 3 aromatic rings. The summed E-state index contributed by atoms with van der Waals surface area (Å²) in [6.45, 7) is -0.265. The SMILES string of the molecule is C.O=S(=O)([O-])c1cc(O)c(N=Nc2ccc(S(=O)(=O)CCOSOO[O-])cc2)c2ccccc12.[Na+].[Na+]. The minimum absolute atomic E-state index is 0. The van der Waals surface area contributed by atoms with Crippen molar-refractivity contribution >= 4 is 54.4 Å². The fourth-order valence-electron chi connectivity index (χ4n) is 2.78. The third-order valence-corrected chi connectivity index (χ3v) is 7.17. The van der Waals surface area contributed by atoms with Gasteiger partial charge >= 0.3 is 59.1 Å². The Labute approximate surface area is 256 Å². The molecule has 3 aromatic carbocycles. The standard InChI is InChI=1S/C18H16N2O10S3.CH4.2Na/c21-16-11-17(33(25,26)27)14-3-1-2-4-15(14)18(16)20-19-12-5-7-13(8-6-12)32(23,24)10-9-28-31-30-29-22;;;/h1-8,11,21-22H,9-10H2,(H,25,26,27);1H4;;/q;;2*+1/p-2. The second kappa shape index (κ2) is 15.7. The Morgan fingerprint density at radius 3 is 2.14 bits per heavy atom. The molecule has 0 aliphatic heterocycles. The van der Waals surface area contributed by atoms with Gasteiger partial charge in [0.15, 0.2) is 22.2 Å². The number of nitrogens with zero attached hydrogens (tertiary/aromatic N) is 2. The molecule has 0 heterocycles. The van der Waals surface area contributed by atoms with Crippen LogP contribution in [0.15, 0.2) is 74.6 Å². The van der Waals surface area contributed by atoms with E-state index in [4.69, 9.17) is 4.18 Å². The largest absolute Gasteiger partial charge is 1.00 e. The molecular weight excluding hydrogens is 558 g/mol. The van der Waals surface area contributed by atoms with Gasteiger partial charge in [-0.05, 0) is 24.3 Å². The number of aromatic hydroxyl groups is 1. The van der Waals surface area contributed by atoms with Crippen LogP contribution in [0.2, 0.25) is 0 Å². The first kappa shape index (κ1) is 35.4. The molecule has 0 bridgehead atoms. The van der Waals surface area contributed by atoms with Crippen LogP contribution >= 0.6 is 12.3 Å². The summed E-state index contributed by atoms with van der Waals surface area (Å²) in [6.07, 6.45) is 0. The van der Waals surface area contributed by atoms with E-state index in [0.29, 0.717) is 0 Å². The van der Waals surface area contributed by atoms with Crippen LogP contribution < -0.4 is 64.4 Å². The average molecular weight is 577 g/mol. The van der Waals surface area contributed by atoms with Crippen LogP contribution in [0, 0.1) is 0 Å². The number of azo groups is 1. The maximum Gasteiger partial charge on any atom is 1.00 e. The van der Waals surface area contributed by atoms with Crippen LogP contribution in [-0.4, -0.2) is 38.9 Å². The van der Waals surface area contributed by atoms with Crippen LogP contribution in [0.1, 0.15) is 7.43 Å². The minimum atomic E-state index is -4.84. The molecule has 17 heteroatoms. The summed E-state index contributed by atoms with van der Waals surface area (Å²) < 4.78 is 67.6. The van der Waals surface area contributed by atoms with E-state index in [1.165, 1.54) is 42.5 Å². The molecule has 0 amide bonds. The summed E-state index contributed by atoms with van der Waals surface area (Å²) in [5.74, 6) is -0.951. The third kappa shape index (κ3) is 9.28. The van der Waals surface area contributed by atoms with Crippen LogP contribution in [0.5, 0.6) is 5.75 Å². The molecule has 36 heavy (non-hydrogen) atoms. The van der Waals surface area contributed by atoms with Crippen molar-refractivity contribution in [3.8, 4) is 5.75 Å². The molecule has 0 unspecified atom stereocenters. The number of fused-ring (bicyclic) bond motifs is 1. The molecule has 0 aliphatic rings. The third-order valence-electron chi connectivity index (χ3n) is 4.23. The van der Waals surface area contributed by atoms with Gasteiger partial charge in [0.1, 0.15) is 21.6 Å². The molecule has 0 atom stereocenters. The van der Waals surface area contributed by atoms with Crippen molar-refractivity contribution in [1.82, 2.24) is 0 Å². The Morgan fingerprint density at radius 1 is 0.944 bits per heavy atom. The van der Waals surface area contributed by atoms with Crippen molar-refractivity contribution < 1.29 is 104 Å². The van der Waals surface area contributed by atoms with Crippen LogP contribution in [-0.2, 0) is 33.5 Å². The number of benzene rings is 3. The van der Waals surface area contributed by atoms with Gasteiger partial charge in [0, 0.05) is 16.8 Å². The van der Waals surface area contributed by atoms with E-state index >= 15 is 0 Å². The summed E-state index contributed by atoms with van der Waals surface area (Å²) in [5.41, 5.74) is 0.180. The number of phenols is 1. The van der Waals surface area contributed by atoms with E-state index in [2.05, 4.69) is 19.6 Å². The Bertz CT molecular complexity index is 1390. The smallest absolute Gasteiger partial charge is 0.744 e. The molecule has 0 aromatic heterocycles. The van der Waals surface area contributed by atoms with Gasteiger partial charge in [0.25, 0.3) is 0 Å². The summed E-state index contributed by atoms with van der Waals surface area (Å²) in [4.78, 5) is -0.604. The van der Waals surface area contributed by atoms with Gasteiger partial charge < -0.3 is 14.9 Å². The van der Waals surface area contributed by atoms with E-state index in [9.17, 15) is 31.8 Å². The van der Waals surface area contributed by atoms with Gasteiger partial charge in [-0.2, -0.15) is 5.11 Å². The number of sulfone groups is 1. The Balaban J connectivity index is 0.00000408. The maximum absolute atomic E-state index is 12.3. The van der Waals surface area contributed by atoms with E-state index < -0.39 is 36.4 Å². The average Bonchev–Trinajstić information content (AvgIpc) is 2.77. The molecule has 12 nitrogen and oxygen atoms in total. The maximum atomic E-state index is 12.3. The van der Waals surface area contributed by atoms with E-state index in [0.717, 1.165) is 6.07 Å². The van der Waals surface area contributed by atoms with Crippen LogP contribution in [0.4, 0.5) is 11.4 Å². The topological polar surface area (TPSA) is 187 Å². The molecule has 0 spiro atoms. The Morgan fingerprint density at radius 2 is 1.56 bits per heavy atom. The predicted molar refractivity (Wildman–Crippen MR) is 119 cm³/mol. The first-order chi connectivity index (χ1) is 15.6. The monoisotopic (exact) mass is 576 g/mol. The predicted octanol–water partition coefficient (Wildman–Crippen LogP) is -2.91. The molecular formula is C19H18N2Na2O10S3. The van der Waals surface area contributed by atoms with Gasteiger partial charge in [-0.15, -0.1) is 9.45 Å². The number of rotatable bonds is 10. The summed E-state index contributed by atoms with van der Waals surface area (Å²) in [6, 6.07) is 12.1. The van der Waals surface area contributed by atoms with Crippen molar-refractivity contribution in [3.05, 3.63) is 54.6 Å². The molecule has 1 N–H and O–H groups in total.